The van der Waals surface area contributed by atoms with Crippen LogP contribution < -0.4 is 20.4 Å². The van der Waals surface area contributed by atoms with Crippen LogP contribution in [0, 0.1) is 0 Å². The van der Waals surface area contributed by atoms with E-state index in [1.165, 1.54) is 36.7 Å². The molecule has 2 heterocycles. The summed E-state index contributed by atoms with van der Waals surface area (Å²) in [4.78, 5) is 15.9. The average Bonchev–Trinajstić information content (AvgIpc) is 3.20. The van der Waals surface area contributed by atoms with E-state index in [-0.39, 0.29) is 57.1 Å². The molecule has 0 aliphatic heterocycles. The number of hydrogen-bond acceptors (Lipinski definition) is 8. The summed E-state index contributed by atoms with van der Waals surface area (Å²) in [5.41, 5.74) is 1.68. The Balaban J connectivity index is 0.000000216. The molecule has 0 saturated carbocycles. The van der Waals surface area contributed by atoms with Crippen molar-refractivity contribution in [2.24, 2.45) is 9.98 Å². The molecule has 0 N–H and O–H groups in total. The summed E-state index contributed by atoms with van der Waals surface area (Å²) in [7, 11) is 0. The van der Waals surface area contributed by atoms with Crippen LogP contribution in [0.25, 0.3) is 21.5 Å². The van der Waals surface area contributed by atoms with E-state index in [1.807, 2.05) is 84.9 Å². The quantitative estimate of drug-likeness (QED) is 0.132. The van der Waals surface area contributed by atoms with Crippen molar-refractivity contribution in [1.29, 1.82) is 0 Å². The molecule has 274 valence electrons. The van der Waals surface area contributed by atoms with Gasteiger partial charge < -0.3 is 20.4 Å². The number of aliphatic imine (C=N–C) groups is 2. The minimum Gasteiger partial charge on any atom is -0.872 e. The number of hydrogen-bond donors (Lipinski definition) is 0. The SMILES string of the molecule is [Cu+2].[Cu+2].[O-]c1ccccc1N=Cc1c([O-])ccc2ccccc12.[O-]c1ccccc1N=Cc1c([O-])ccc2ccccc12.c1ccncc1.c1ccncc1. The Labute approximate surface area is 334 Å². The molecule has 54 heavy (non-hydrogen) atoms. The van der Waals surface area contributed by atoms with E-state index in [2.05, 4.69) is 20.0 Å². The number of nitrogens with zero attached hydrogens (tertiary/aromatic N) is 4. The standard InChI is InChI=1S/2C17H13NO2.2C5H5N.2Cu/c2*19-16-10-9-12-5-1-2-6-13(12)14(16)11-18-15-7-3-4-8-17(15)20;2*1-2-4-6-5-3-1;;/h2*1-11,19-20H;2*1-5H;;/q;;;;2*+2/p-4. The minimum absolute atomic E-state index is 0. The van der Waals surface area contributed by atoms with Crippen LogP contribution in [0.1, 0.15) is 11.1 Å². The van der Waals surface area contributed by atoms with Crippen molar-refractivity contribution in [3.05, 3.63) is 194 Å². The Kier molecular flexibility index (Phi) is 17.6. The molecule has 6 aromatic carbocycles. The first-order valence-corrected chi connectivity index (χ1v) is 16.2. The van der Waals surface area contributed by atoms with Gasteiger partial charge in [-0.25, -0.2) is 0 Å². The van der Waals surface area contributed by atoms with Crippen LogP contribution in [0.4, 0.5) is 11.4 Å². The van der Waals surface area contributed by atoms with Crippen molar-refractivity contribution in [3.8, 4) is 23.0 Å². The van der Waals surface area contributed by atoms with Crippen molar-refractivity contribution in [2.45, 2.75) is 0 Å². The van der Waals surface area contributed by atoms with Crippen LogP contribution in [-0.2, 0) is 34.1 Å². The van der Waals surface area contributed by atoms with Gasteiger partial charge in [0.15, 0.2) is 0 Å². The zero-order valence-corrected chi connectivity index (χ0v) is 30.4. The van der Waals surface area contributed by atoms with Gasteiger partial charge in [-0.15, -0.1) is 0 Å². The Hall–Kier alpha value is -6.28. The first-order chi connectivity index (χ1) is 25.5. The molecule has 8 nitrogen and oxygen atoms in total. The van der Waals surface area contributed by atoms with Crippen molar-refractivity contribution < 1.29 is 54.6 Å². The molecular weight excluding hydrogens is 776 g/mol. The van der Waals surface area contributed by atoms with Crippen molar-refractivity contribution >= 4 is 45.3 Å². The fraction of sp³-hybridized carbons (Fsp3) is 0. The van der Waals surface area contributed by atoms with Gasteiger partial charge >= 0.3 is 34.1 Å². The first kappa shape index (κ1) is 42.1. The molecule has 10 heteroatoms. The third-order valence-corrected chi connectivity index (χ3v) is 7.39. The molecule has 0 bridgehead atoms. The third-order valence-electron chi connectivity index (χ3n) is 7.39. The number of para-hydroxylation sites is 4. The monoisotopic (exact) mass is 806 g/mol. The summed E-state index contributed by atoms with van der Waals surface area (Å²) < 4.78 is 0. The van der Waals surface area contributed by atoms with Crippen LogP contribution in [0.2, 0.25) is 0 Å². The number of aromatic nitrogens is 2. The van der Waals surface area contributed by atoms with Crippen LogP contribution in [0.15, 0.2) is 192 Å². The predicted molar refractivity (Wildman–Crippen MR) is 202 cm³/mol. The number of benzene rings is 6. The molecule has 2 radical (unpaired) electrons. The molecule has 0 unspecified atom stereocenters. The molecule has 0 atom stereocenters. The van der Waals surface area contributed by atoms with E-state index >= 15 is 0 Å². The van der Waals surface area contributed by atoms with Gasteiger partial charge in [0.05, 0.1) is 11.4 Å². The number of fused-ring (bicyclic) bond motifs is 2. The Morgan fingerprint density at radius 1 is 0.352 bits per heavy atom. The summed E-state index contributed by atoms with van der Waals surface area (Å²) in [5.74, 6) is -0.514. The van der Waals surface area contributed by atoms with Gasteiger partial charge in [-0.3, -0.25) is 20.0 Å². The average molecular weight is 808 g/mol. The largest absolute Gasteiger partial charge is 2.00 e. The zero-order chi connectivity index (χ0) is 36.4. The van der Waals surface area contributed by atoms with Gasteiger partial charge in [0.25, 0.3) is 0 Å². The summed E-state index contributed by atoms with van der Waals surface area (Å²) in [6, 6.07) is 46.3. The second kappa shape index (κ2) is 22.6. The van der Waals surface area contributed by atoms with Crippen LogP contribution in [0.3, 0.4) is 0 Å². The fourth-order valence-corrected chi connectivity index (χ4v) is 4.84. The Morgan fingerprint density at radius 3 is 1.04 bits per heavy atom. The number of pyridine rings is 2. The second-order valence-electron chi connectivity index (χ2n) is 10.9. The molecule has 8 aromatic rings. The van der Waals surface area contributed by atoms with E-state index < -0.39 is 0 Å². The van der Waals surface area contributed by atoms with Gasteiger partial charge in [-0.1, -0.05) is 144 Å². The summed E-state index contributed by atoms with van der Waals surface area (Å²) in [6.45, 7) is 0. The number of rotatable bonds is 4. The third kappa shape index (κ3) is 12.4. The van der Waals surface area contributed by atoms with Gasteiger partial charge in [0.2, 0.25) is 0 Å². The molecule has 8 rings (SSSR count). The van der Waals surface area contributed by atoms with Crippen molar-refractivity contribution in [1.82, 2.24) is 9.97 Å². The summed E-state index contributed by atoms with van der Waals surface area (Å²) in [5, 5.41) is 50.8. The summed E-state index contributed by atoms with van der Waals surface area (Å²) in [6.07, 6.45) is 9.95. The van der Waals surface area contributed by atoms with Gasteiger partial charge in [0.1, 0.15) is 0 Å². The van der Waals surface area contributed by atoms with Crippen molar-refractivity contribution in [3.63, 3.8) is 0 Å². The normalized spacial score (nSPS) is 10.1. The molecule has 0 fully saturated rings. The van der Waals surface area contributed by atoms with Crippen LogP contribution >= 0.6 is 0 Å². The second-order valence-corrected chi connectivity index (χ2v) is 10.9. The fourth-order valence-electron chi connectivity index (χ4n) is 4.84. The van der Waals surface area contributed by atoms with E-state index in [1.54, 1.807) is 73.3 Å². The molecular formula is C44H32Cu2N4O4. The molecule has 2 aromatic heterocycles. The molecule has 0 aliphatic rings. The van der Waals surface area contributed by atoms with Crippen LogP contribution in [-0.4, -0.2) is 22.4 Å². The van der Waals surface area contributed by atoms with E-state index in [9.17, 15) is 20.4 Å². The molecule has 0 aliphatic carbocycles. The van der Waals surface area contributed by atoms with Crippen molar-refractivity contribution in [2.75, 3.05) is 0 Å². The maximum absolute atomic E-state index is 12.0. The van der Waals surface area contributed by atoms with Gasteiger partial charge in [-0.2, -0.15) is 0 Å². The Bertz CT molecular complexity index is 2160. The van der Waals surface area contributed by atoms with E-state index in [0.717, 1.165) is 21.5 Å². The van der Waals surface area contributed by atoms with E-state index in [0.29, 0.717) is 22.5 Å². The van der Waals surface area contributed by atoms with E-state index in [4.69, 9.17) is 0 Å². The smallest absolute Gasteiger partial charge is 0.872 e. The van der Waals surface area contributed by atoms with Gasteiger partial charge in [-0.05, 0) is 69.1 Å². The van der Waals surface area contributed by atoms with Crippen LogP contribution in [0.5, 0.6) is 23.0 Å². The zero-order valence-electron chi connectivity index (χ0n) is 28.5. The molecule has 0 spiro atoms. The predicted octanol–water partition coefficient (Wildman–Crippen LogP) is 7.63. The molecule has 0 amide bonds. The molecule has 0 saturated heterocycles. The Morgan fingerprint density at radius 2 is 0.704 bits per heavy atom. The minimum atomic E-state index is -0.156. The topological polar surface area (TPSA) is 143 Å². The maximum atomic E-state index is 12.0. The maximum Gasteiger partial charge on any atom is 2.00 e. The van der Waals surface area contributed by atoms with Gasteiger partial charge in [0, 0.05) is 37.2 Å². The summed E-state index contributed by atoms with van der Waals surface area (Å²) >= 11 is 0. The first-order valence-electron chi connectivity index (χ1n) is 16.2.